The summed E-state index contributed by atoms with van der Waals surface area (Å²) in [4.78, 5) is 2.81. The molecule has 22 heavy (non-hydrogen) atoms. The van der Waals surface area contributed by atoms with Crippen LogP contribution in [0.1, 0.15) is 49.7 Å². The molecular weight excluding hydrogens is 274 g/mol. The highest BCUT2D eigenvalue weighted by atomic mass is 16.3. The fraction of sp³-hybridized carbons (Fsp3) is 0.333. The SMILES string of the molecule is CC[C@H](c1ccc(O)cc1)[C@@H](CC)c1ccc(N=[N+]=[N-])cc1. The summed E-state index contributed by atoms with van der Waals surface area (Å²) in [5.74, 6) is 1.09. The van der Waals surface area contributed by atoms with Crippen molar-refractivity contribution in [1.82, 2.24) is 0 Å². The quantitative estimate of drug-likeness (QED) is 0.395. The second kappa shape index (κ2) is 7.53. The Morgan fingerprint density at radius 3 is 1.77 bits per heavy atom. The summed E-state index contributed by atoms with van der Waals surface area (Å²) >= 11 is 0. The van der Waals surface area contributed by atoms with E-state index in [1.807, 2.05) is 36.4 Å². The molecule has 2 rings (SSSR count). The molecule has 0 aliphatic carbocycles. The third kappa shape index (κ3) is 3.60. The molecule has 0 unspecified atom stereocenters. The van der Waals surface area contributed by atoms with Crippen LogP contribution in [0.25, 0.3) is 10.4 Å². The lowest BCUT2D eigenvalue weighted by molar-refractivity contribution is 0.473. The van der Waals surface area contributed by atoms with Gasteiger partial charge in [-0.3, -0.25) is 0 Å². The zero-order valence-electron chi connectivity index (χ0n) is 13.0. The highest BCUT2D eigenvalue weighted by molar-refractivity contribution is 5.41. The van der Waals surface area contributed by atoms with Crippen molar-refractivity contribution in [1.29, 1.82) is 0 Å². The average Bonchev–Trinajstić information content (AvgIpc) is 2.55. The van der Waals surface area contributed by atoms with E-state index in [0.29, 0.717) is 23.3 Å². The van der Waals surface area contributed by atoms with Gasteiger partial charge in [-0.1, -0.05) is 55.4 Å². The maximum atomic E-state index is 9.47. The maximum Gasteiger partial charge on any atom is 0.115 e. The van der Waals surface area contributed by atoms with Gasteiger partial charge in [-0.15, -0.1) is 0 Å². The van der Waals surface area contributed by atoms with E-state index in [1.54, 1.807) is 12.1 Å². The fourth-order valence-electron chi connectivity index (χ4n) is 3.07. The normalized spacial score (nSPS) is 13.2. The topological polar surface area (TPSA) is 69.0 Å². The van der Waals surface area contributed by atoms with Crippen molar-refractivity contribution in [3.63, 3.8) is 0 Å². The van der Waals surface area contributed by atoms with Crippen LogP contribution in [-0.4, -0.2) is 5.11 Å². The molecule has 0 bridgehead atoms. The number of hydrogen-bond donors (Lipinski definition) is 1. The largest absolute Gasteiger partial charge is 0.508 e. The molecule has 4 nitrogen and oxygen atoms in total. The first-order valence-corrected chi connectivity index (χ1v) is 7.63. The first-order chi connectivity index (χ1) is 10.7. The number of phenols is 1. The van der Waals surface area contributed by atoms with E-state index in [9.17, 15) is 5.11 Å². The molecule has 4 heteroatoms. The number of benzene rings is 2. The van der Waals surface area contributed by atoms with Gasteiger partial charge in [0.2, 0.25) is 0 Å². The minimum Gasteiger partial charge on any atom is -0.508 e. The highest BCUT2D eigenvalue weighted by Gasteiger charge is 2.21. The maximum absolute atomic E-state index is 9.47. The molecule has 0 radical (unpaired) electrons. The van der Waals surface area contributed by atoms with Crippen molar-refractivity contribution in [2.24, 2.45) is 5.11 Å². The van der Waals surface area contributed by atoms with Crippen LogP contribution in [0.2, 0.25) is 0 Å². The van der Waals surface area contributed by atoms with Crippen LogP contribution >= 0.6 is 0 Å². The number of phenolic OH excluding ortho intramolecular Hbond substituents is 1. The summed E-state index contributed by atoms with van der Waals surface area (Å²) in [6.45, 7) is 4.38. The summed E-state index contributed by atoms with van der Waals surface area (Å²) in [6, 6.07) is 15.3. The number of azide groups is 1. The monoisotopic (exact) mass is 295 g/mol. The molecule has 0 saturated heterocycles. The van der Waals surface area contributed by atoms with Crippen molar-refractivity contribution in [2.45, 2.75) is 38.5 Å². The van der Waals surface area contributed by atoms with Gasteiger partial charge in [0.1, 0.15) is 5.75 Å². The van der Waals surface area contributed by atoms with Gasteiger partial charge >= 0.3 is 0 Å². The zero-order chi connectivity index (χ0) is 15.9. The Bertz CT molecular complexity index is 643. The van der Waals surface area contributed by atoms with E-state index in [-0.39, 0.29) is 0 Å². The molecule has 0 spiro atoms. The van der Waals surface area contributed by atoms with Gasteiger partial charge in [0.25, 0.3) is 0 Å². The Morgan fingerprint density at radius 2 is 1.36 bits per heavy atom. The number of nitrogens with zero attached hydrogens (tertiary/aromatic N) is 3. The van der Waals surface area contributed by atoms with Crippen LogP contribution in [-0.2, 0) is 0 Å². The second-order valence-electron chi connectivity index (χ2n) is 5.40. The third-order valence-corrected chi connectivity index (χ3v) is 4.17. The van der Waals surface area contributed by atoms with Crippen LogP contribution in [0.4, 0.5) is 5.69 Å². The first-order valence-electron chi connectivity index (χ1n) is 7.63. The first kappa shape index (κ1) is 15.9. The Kier molecular flexibility index (Phi) is 5.45. The molecule has 1 N–H and O–H groups in total. The molecule has 0 aliphatic rings. The predicted molar refractivity (Wildman–Crippen MR) is 89.4 cm³/mol. The summed E-state index contributed by atoms with van der Waals surface area (Å²) in [7, 11) is 0. The predicted octanol–water partition coefficient (Wildman–Crippen LogP) is 6.02. The summed E-state index contributed by atoms with van der Waals surface area (Å²) in [5.41, 5.74) is 11.6. The van der Waals surface area contributed by atoms with Gasteiger partial charge in [0.15, 0.2) is 0 Å². The van der Waals surface area contributed by atoms with Crippen molar-refractivity contribution >= 4 is 5.69 Å². The summed E-state index contributed by atoms with van der Waals surface area (Å²) < 4.78 is 0. The Balaban J connectivity index is 2.31. The molecule has 0 aliphatic heterocycles. The minimum absolute atomic E-state index is 0.297. The second-order valence-corrected chi connectivity index (χ2v) is 5.40. The van der Waals surface area contributed by atoms with Crippen LogP contribution in [0.3, 0.4) is 0 Å². The van der Waals surface area contributed by atoms with Gasteiger partial charge in [0, 0.05) is 10.6 Å². The van der Waals surface area contributed by atoms with Crippen LogP contribution in [0.5, 0.6) is 5.75 Å². The van der Waals surface area contributed by atoms with Gasteiger partial charge in [-0.2, -0.15) is 0 Å². The lowest BCUT2D eigenvalue weighted by Crippen LogP contribution is -2.10. The molecule has 0 fully saturated rings. The molecule has 0 heterocycles. The Morgan fingerprint density at radius 1 is 0.909 bits per heavy atom. The van der Waals surface area contributed by atoms with E-state index in [0.717, 1.165) is 12.8 Å². The molecule has 0 amide bonds. The van der Waals surface area contributed by atoms with Crippen molar-refractivity contribution in [3.8, 4) is 5.75 Å². The number of hydrogen-bond acceptors (Lipinski definition) is 2. The number of aromatic hydroxyl groups is 1. The van der Waals surface area contributed by atoms with Gasteiger partial charge in [0.05, 0.1) is 0 Å². The molecule has 114 valence electrons. The third-order valence-electron chi connectivity index (χ3n) is 4.17. The van der Waals surface area contributed by atoms with E-state index < -0.39 is 0 Å². The molecule has 0 aromatic heterocycles. The van der Waals surface area contributed by atoms with Gasteiger partial charge in [-0.05, 0) is 53.5 Å². The zero-order valence-corrected chi connectivity index (χ0v) is 13.0. The van der Waals surface area contributed by atoms with Crippen molar-refractivity contribution in [3.05, 3.63) is 70.1 Å². The Hall–Kier alpha value is -2.45. The van der Waals surface area contributed by atoms with Crippen molar-refractivity contribution in [2.75, 3.05) is 0 Å². The van der Waals surface area contributed by atoms with Crippen LogP contribution in [0, 0.1) is 0 Å². The highest BCUT2D eigenvalue weighted by Crippen LogP contribution is 2.38. The van der Waals surface area contributed by atoms with E-state index >= 15 is 0 Å². The molecular formula is C18H21N3O. The van der Waals surface area contributed by atoms with Crippen LogP contribution < -0.4 is 0 Å². The van der Waals surface area contributed by atoms with Gasteiger partial charge < -0.3 is 5.11 Å². The van der Waals surface area contributed by atoms with Crippen molar-refractivity contribution < 1.29 is 5.11 Å². The summed E-state index contributed by atoms with van der Waals surface area (Å²) in [5, 5.41) is 13.1. The molecule has 2 atom stereocenters. The van der Waals surface area contributed by atoms with Crippen LogP contribution in [0.15, 0.2) is 53.6 Å². The fourth-order valence-corrected chi connectivity index (χ4v) is 3.07. The van der Waals surface area contributed by atoms with E-state index in [4.69, 9.17) is 5.53 Å². The van der Waals surface area contributed by atoms with E-state index in [2.05, 4.69) is 23.9 Å². The average molecular weight is 295 g/mol. The molecule has 2 aromatic rings. The number of rotatable bonds is 6. The van der Waals surface area contributed by atoms with Gasteiger partial charge in [-0.25, -0.2) is 0 Å². The smallest absolute Gasteiger partial charge is 0.115 e. The molecule has 2 aromatic carbocycles. The Labute approximate surface area is 131 Å². The lowest BCUT2D eigenvalue weighted by atomic mass is 9.78. The molecule has 0 saturated carbocycles. The lowest BCUT2D eigenvalue weighted by Gasteiger charge is -2.26. The standard InChI is InChI=1S/C18H21N3O/c1-3-17(13-5-9-15(10-6-13)20-21-19)18(4-2)14-7-11-16(22)12-8-14/h5-12,17-18,22H,3-4H2,1-2H3/t17-,18+/m0/s1. The van der Waals surface area contributed by atoms with E-state index in [1.165, 1.54) is 11.1 Å². The summed E-state index contributed by atoms with van der Waals surface area (Å²) in [6.07, 6.45) is 2.06. The minimum atomic E-state index is 0.297.